The molecule has 5 atom stereocenters. The van der Waals surface area contributed by atoms with E-state index in [1.54, 1.807) is 0 Å². The number of ether oxygens (including phenoxy) is 1. The van der Waals surface area contributed by atoms with Crippen LogP contribution in [0, 0.1) is 0 Å². The number of nitrogen functional groups attached to an aromatic ring is 1. The van der Waals surface area contributed by atoms with Crippen molar-refractivity contribution in [1.29, 1.82) is 0 Å². The SMILES string of the molecule is COP(=O)(OC)OPOC[C@H]1O[C@@H](n2cnc3c(=O)[nH]c(N)nc32)[C@@H](O)C1O. The first kappa shape index (κ1) is 21.2. The molecule has 0 spiro atoms. The van der Waals surface area contributed by atoms with Crippen molar-refractivity contribution in [3.63, 3.8) is 0 Å². The molecule has 2 unspecified atom stereocenters. The van der Waals surface area contributed by atoms with Crippen molar-refractivity contribution in [1.82, 2.24) is 19.5 Å². The fourth-order valence-corrected chi connectivity index (χ4v) is 4.12. The first-order valence-electron chi connectivity index (χ1n) is 7.80. The molecule has 0 bridgehead atoms. The van der Waals surface area contributed by atoms with Gasteiger partial charge in [0, 0.05) is 14.2 Å². The van der Waals surface area contributed by atoms with Gasteiger partial charge in [0.2, 0.25) is 5.95 Å². The fourth-order valence-electron chi connectivity index (χ4n) is 2.56. The molecule has 28 heavy (non-hydrogen) atoms. The number of nitrogens with two attached hydrogens (primary N) is 1. The van der Waals surface area contributed by atoms with E-state index in [0.717, 1.165) is 14.2 Å². The number of aromatic amines is 1. The van der Waals surface area contributed by atoms with Gasteiger partial charge in [-0.25, -0.2) is 13.9 Å². The molecule has 1 saturated heterocycles. The van der Waals surface area contributed by atoms with Gasteiger partial charge in [0.25, 0.3) is 5.56 Å². The van der Waals surface area contributed by atoms with Crippen molar-refractivity contribution < 1.29 is 37.4 Å². The van der Waals surface area contributed by atoms with Crippen molar-refractivity contribution in [2.24, 2.45) is 0 Å². The topological polar surface area (TPSA) is 193 Å². The van der Waals surface area contributed by atoms with Gasteiger partial charge in [-0.1, -0.05) is 0 Å². The lowest BCUT2D eigenvalue weighted by molar-refractivity contribution is -0.0466. The Kier molecular flexibility index (Phi) is 6.44. The summed E-state index contributed by atoms with van der Waals surface area (Å²) in [4.78, 5) is 22.1. The predicted octanol–water partition coefficient (Wildman–Crippen LogP) is -0.736. The van der Waals surface area contributed by atoms with Crippen molar-refractivity contribution in [3.05, 3.63) is 16.7 Å². The summed E-state index contributed by atoms with van der Waals surface area (Å²) in [7, 11) is -2.11. The molecular formula is C12H19N5O9P2. The first-order chi connectivity index (χ1) is 13.3. The van der Waals surface area contributed by atoms with E-state index in [9.17, 15) is 19.6 Å². The van der Waals surface area contributed by atoms with Gasteiger partial charge in [-0.2, -0.15) is 4.98 Å². The zero-order chi connectivity index (χ0) is 20.5. The summed E-state index contributed by atoms with van der Waals surface area (Å²) in [6, 6.07) is 0. The van der Waals surface area contributed by atoms with Gasteiger partial charge in [0.1, 0.15) is 18.3 Å². The molecule has 0 radical (unpaired) electrons. The van der Waals surface area contributed by atoms with Crippen LogP contribution < -0.4 is 11.3 Å². The largest absolute Gasteiger partial charge is 0.479 e. The summed E-state index contributed by atoms with van der Waals surface area (Å²) in [5.41, 5.74) is 5.09. The highest BCUT2D eigenvalue weighted by molar-refractivity contribution is 7.55. The quantitative estimate of drug-likeness (QED) is 0.298. The number of hydrogen-bond acceptors (Lipinski definition) is 12. The summed E-state index contributed by atoms with van der Waals surface area (Å²) in [6.45, 7) is -0.191. The van der Waals surface area contributed by atoms with Crippen LogP contribution in [0.5, 0.6) is 0 Å². The summed E-state index contributed by atoms with van der Waals surface area (Å²) in [6.07, 6.45) is -3.47. The van der Waals surface area contributed by atoms with Crippen LogP contribution in [0.3, 0.4) is 0 Å². The number of anilines is 1. The smallest absolute Gasteiger partial charge is 0.387 e. The summed E-state index contributed by atoms with van der Waals surface area (Å²) in [5, 5.41) is 20.5. The number of aromatic nitrogens is 4. The summed E-state index contributed by atoms with van der Waals surface area (Å²) >= 11 is 0. The molecule has 0 saturated carbocycles. The Hall–Kier alpha value is -1.47. The number of phosphoric ester groups is 1. The fraction of sp³-hybridized carbons (Fsp3) is 0.583. The van der Waals surface area contributed by atoms with Gasteiger partial charge in [-0.15, -0.1) is 0 Å². The third kappa shape index (κ3) is 4.10. The Morgan fingerprint density at radius 2 is 2.11 bits per heavy atom. The number of imidazole rings is 1. The van der Waals surface area contributed by atoms with Crippen LogP contribution >= 0.6 is 16.9 Å². The Morgan fingerprint density at radius 1 is 1.39 bits per heavy atom. The zero-order valence-electron chi connectivity index (χ0n) is 14.7. The average Bonchev–Trinajstić information content (AvgIpc) is 3.21. The molecule has 2 aromatic heterocycles. The molecule has 14 nitrogen and oxygen atoms in total. The molecule has 0 amide bonds. The van der Waals surface area contributed by atoms with Crippen LogP contribution in [0.25, 0.3) is 11.2 Å². The highest BCUT2D eigenvalue weighted by Crippen LogP contribution is 2.53. The standard InChI is InChI=1S/C12H19N5O9P2/c1-22-28(21,23-2)26-27-24-3-5-7(18)8(19)11(25-5)17-4-14-6-9(17)15-12(13)16-10(6)20/h4-5,7-8,11,18-19,27H,3H2,1-2H3,(H3,13,15,16,20)/t5-,7?,8+,11-/m1/s1. The molecule has 1 fully saturated rings. The molecule has 156 valence electrons. The Balaban J connectivity index is 1.68. The molecular weight excluding hydrogens is 420 g/mol. The molecule has 3 rings (SSSR count). The van der Waals surface area contributed by atoms with Crippen LogP contribution in [0.1, 0.15) is 6.23 Å². The molecule has 0 aromatic carbocycles. The normalized spacial score (nSPS) is 26.0. The first-order valence-corrected chi connectivity index (χ1v) is 10.1. The molecule has 16 heteroatoms. The maximum Gasteiger partial charge on any atom is 0.479 e. The number of fused-ring (bicyclic) bond motifs is 1. The average molecular weight is 439 g/mol. The Labute approximate surface area is 159 Å². The second kappa shape index (κ2) is 8.49. The number of aliphatic hydroxyl groups excluding tert-OH is 2. The van der Waals surface area contributed by atoms with E-state index in [0.29, 0.717) is 0 Å². The van der Waals surface area contributed by atoms with E-state index in [4.69, 9.17) is 19.3 Å². The maximum atomic E-state index is 11.9. The molecule has 2 aromatic rings. The van der Waals surface area contributed by atoms with Gasteiger partial charge in [-0.05, 0) is 0 Å². The minimum Gasteiger partial charge on any atom is -0.387 e. The Morgan fingerprint density at radius 3 is 2.79 bits per heavy atom. The van der Waals surface area contributed by atoms with E-state index in [1.807, 2.05) is 0 Å². The van der Waals surface area contributed by atoms with Crippen LogP contribution in [0.4, 0.5) is 5.95 Å². The van der Waals surface area contributed by atoms with Crippen molar-refractivity contribution >= 4 is 34.0 Å². The third-order valence-corrected chi connectivity index (χ3v) is 6.34. The van der Waals surface area contributed by atoms with Crippen LogP contribution in [0.2, 0.25) is 0 Å². The maximum absolute atomic E-state index is 11.9. The number of nitrogens with zero attached hydrogens (tertiary/aromatic N) is 3. The van der Waals surface area contributed by atoms with E-state index in [1.165, 1.54) is 10.9 Å². The minimum atomic E-state index is -3.69. The van der Waals surface area contributed by atoms with Crippen molar-refractivity contribution in [2.45, 2.75) is 24.5 Å². The van der Waals surface area contributed by atoms with Crippen molar-refractivity contribution in [3.8, 4) is 0 Å². The van der Waals surface area contributed by atoms with Gasteiger partial charge in [0.05, 0.1) is 12.9 Å². The second-order valence-electron chi connectivity index (χ2n) is 5.62. The summed E-state index contributed by atoms with van der Waals surface area (Å²) < 4.78 is 37.9. The molecule has 3 heterocycles. The van der Waals surface area contributed by atoms with Crippen LogP contribution in [-0.2, 0) is 27.2 Å². The van der Waals surface area contributed by atoms with Crippen LogP contribution in [-0.4, -0.2) is 68.9 Å². The summed E-state index contributed by atoms with van der Waals surface area (Å²) in [5.74, 6) is -0.133. The van der Waals surface area contributed by atoms with Gasteiger partial charge in [0.15, 0.2) is 26.4 Å². The number of H-pyrrole nitrogens is 1. The zero-order valence-corrected chi connectivity index (χ0v) is 16.6. The number of aliphatic hydroxyl groups is 2. The van der Waals surface area contributed by atoms with E-state index < -0.39 is 47.0 Å². The predicted molar refractivity (Wildman–Crippen MR) is 95.5 cm³/mol. The number of nitrogens with one attached hydrogen (secondary N) is 1. The second-order valence-corrected chi connectivity index (χ2v) is 8.43. The van der Waals surface area contributed by atoms with Crippen molar-refractivity contribution in [2.75, 3.05) is 26.6 Å². The highest BCUT2D eigenvalue weighted by atomic mass is 31.2. The lowest BCUT2D eigenvalue weighted by Crippen LogP contribution is -2.33. The minimum absolute atomic E-state index is 0.00366. The highest BCUT2D eigenvalue weighted by Gasteiger charge is 2.44. The molecule has 5 N–H and O–H groups in total. The lowest BCUT2D eigenvalue weighted by atomic mass is 10.1. The number of phosphoric acid groups is 1. The van der Waals surface area contributed by atoms with E-state index in [-0.39, 0.29) is 23.7 Å². The monoisotopic (exact) mass is 439 g/mol. The number of hydrogen-bond donors (Lipinski definition) is 4. The van der Waals surface area contributed by atoms with E-state index in [2.05, 4.69) is 24.0 Å². The molecule has 1 aliphatic rings. The van der Waals surface area contributed by atoms with Gasteiger partial charge < -0.3 is 25.2 Å². The lowest BCUT2D eigenvalue weighted by Gasteiger charge is -2.16. The number of rotatable bonds is 8. The van der Waals surface area contributed by atoms with E-state index >= 15 is 0 Å². The Bertz CT molecular complexity index is 928. The molecule has 1 aliphatic heterocycles. The van der Waals surface area contributed by atoms with Crippen LogP contribution in [0.15, 0.2) is 11.1 Å². The van der Waals surface area contributed by atoms with Gasteiger partial charge in [-0.3, -0.25) is 23.4 Å². The van der Waals surface area contributed by atoms with Gasteiger partial charge >= 0.3 is 7.82 Å². The molecule has 0 aliphatic carbocycles. The third-order valence-electron chi connectivity index (χ3n) is 3.96.